The van der Waals surface area contributed by atoms with Crippen molar-refractivity contribution in [3.05, 3.63) is 70.8 Å². The van der Waals surface area contributed by atoms with Gasteiger partial charge in [-0.3, -0.25) is 19.3 Å². The molecule has 1 heterocycles. The lowest BCUT2D eigenvalue weighted by atomic mass is 9.96. The van der Waals surface area contributed by atoms with Gasteiger partial charge < -0.3 is 5.32 Å². The highest BCUT2D eigenvalue weighted by Gasteiger charge is 2.34. The van der Waals surface area contributed by atoms with Crippen molar-refractivity contribution < 1.29 is 14.4 Å². The SMILES string of the molecule is CCC(CNC(=O)CCCN1C(=O)c2ccc(C)cc2C1=O)c1ccccc1. The lowest BCUT2D eigenvalue weighted by Crippen LogP contribution is -2.32. The maximum atomic E-state index is 12.5. The third kappa shape index (κ3) is 4.30. The third-order valence-electron chi connectivity index (χ3n) is 5.22. The summed E-state index contributed by atoms with van der Waals surface area (Å²) < 4.78 is 0. The molecular formula is C23H26N2O3. The number of hydrogen-bond donors (Lipinski definition) is 1. The standard InChI is InChI=1S/C23H26N2O3/c1-3-17(18-8-5-4-6-9-18)15-24-21(26)10-7-13-25-22(27)19-12-11-16(2)14-20(19)23(25)28/h4-6,8-9,11-12,14,17H,3,7,10,13,15H2,1-2H3,(H,24,26). The number of imide groups is 1. The largest absolute Gasteiger partial charge is 0.355 e. The van der Waals surface area contributed by atoms with Gasteiger partial charge in [-0.15, -0.1) is 0 Å². The number of rotatable bonds is 8. The van der Waals surface area contributed by atoms with Gasteiger partial charge in [-0.05, 0) is 37.5 Å². The lowest BCUT2D eigenvalue weighted by Gasteiger charge is -2.17. The molecule has 2 aromatic rings. The van der Waals surface area contributed by atoms with E-state index in [4.69, 9.17) is 0 Å². The highest BCUT2D eigenvalue weighted by atomic mass is 16.2. The molecule has 5 nitrogen and oxygen atoms in total. The summed E-state index contributed by atoms with van der Waals surface area (Å²) in [5.41, 5.74) is 3.08. The molecule has 0 saturated carbocycles. The molecule has 5 heteroatoms. The summed E-state index contributed by atoms with van der Waals surface area (Å²) in [5, 5.41) is 2.98. The molecule has 3 rings (SSSR count). The van der Waals surface area contributed by atoms with Crippen LogP contribution in [-0.2, 0) is 4.79 Å². The summed E-state index contributed by atoms with van der Waals surface area (Å²) in [6.45, 7) is 4.85. The van der Waals surface area contributed by atoms with E-state index in [1.54, 1.807) is 12.1 Å². The normalized spacial score (nSPS) is 14.1. The van der Waals surface area contributed by atoms with Gasteiger partial charge in [0.05, 0.1) is 11.1 Å². The van der Waals surface area contributed by atoms with E-state index in [0.29, 0.717) is 24.1 Å². The van der Waals surface area contributed by atoms with Crippen molar-refractivity contribution in [2.24, 2.45) is 0 Å². The second-order valence-electron chi connectivity index (χ2n) is 7.23. The predicted octanol–water partition coefficient (Wildman–Crippen LogP) is 3.68. The number of carbonyl (C=O) groups excluding carboxylic acids is 3. The third-order valence-corrected chi connectivity index (χ3v) is 5.22. The number of aryl methyl sites for hydroxylation is 1. The van der Waals surface area contributed by atoms with Crippen molar-refractivity contribution in [3.8, 4) is 0 Å². The molecule has 0 spiro atoms. The Morgan fingerprint density at radius 1 is 1.04 bits per heavy atom. The number of hydrogen-bond acceptors (Lipinski definition) is 3. The molecule has 3 amide bonds. The molecule has 0 saturated heterocycles. The van der Waals surface area contributed by atoms with Gasteiger partial charge in [-0.25, -0.2) is 0 Å². The molecule has 0 aromatic heterocycles. The molecule has 1 N–H and O–H groups in total. The Morgan fingerprint density at radius 2 is 1.75 bits per heavy atom. The Hall–Kier alpha value is -2.95. The van der Waals surface area contributed by atoms with Crippen LogP contribution < -0.4 is 5.32 Å². The molecule has 1 aliphatic rings. The van der Waals surface area contributed by atoms with Crippen molar-refractivity contribution in [1.82, 2.24) is 10.2 Å². The fourth-order valence-corrected chi connectivity index (χ4v) is 3.55. The number of nitrogens with zero attached hydrogens (tertiary/aromatic N) is 1. The van der Waals surface area contributed by atoms with Crippen LogP contribution in [0, 0.1) is 6.92 Å². The van der Waals surface area contributed by atoms with Gasteiger partial charge in [0.2, 0.25) is 5.91 Å². The molecule has 0 aliphatic carbocycles. The van der Waals surface area contributed by atoms with Crippen molar-refractivity contribution in [3.63, 3.8) is 0 Å². The number of fused-ring (bicyclic) bond motifs is 1. The van der Waals surface area contributed by atoms with Crippen molar-refractivity contribution in [2.45, 2.75) is 39.0 Å². The van der Waals surface area contributed by atoms with E-state index in [2.05, 4.69) is 24.4 Å². The van der Waals surface area contributed by atoms with Crippen LogP contribution in [0.25, 0.3) is 0 Å². The Balaban J connectivity index is 1.47. The van der Waals surface area contributed by atoms with Crippen LogP contribution in [0.3, 0.4) is 0 Å². The molecule has 0 bridgehead atoms. The zero-order valence-corrected chi connectivity index (χ0v) is 16.4. The Bertz CT molecular complexity index is 877. The first-order chi connectivity index (χ1) is 13.5. The van der Waals surface area contributed by atoms with Crippen LogP contribution in [0.5, 0.6) is 0 Å². The van der Waals surface area contributed by atoms with Gasteiger partial charge in [-0.1, -0.05) is 48.9 Å². The van der Waals surface area contributed by atoms with Crippen molar-refractivity contribution in [2.75, 3.05) is 13.1 Å². The molecule has 1 aliphatic heterocycles. The summed E-state index contributed by atoms with van der Waals surface area (Å²) >= 11 is 0. The van der Waals surface area contributed by atoms with Gasteiger partial charge in [0.1, 0.15) is 0 Å². The molecule has 0 radical (unpaired) electrons. The minimum absolute atomic E-state index is 0.0539. The number of nitrogens with one attached hydrogen (secondary N) is 1. The van der Waals surface area contributed by atoms with Crippen molar-refractivity contribution >= 4 is 17.7 Å². The number of benzene rings is 2. The summed E-state index contributed by atoms with van der Waals surface area (Å²) in [6.07, 6.45) is 1.69. The zero-order chi connectivity index (χ0) is 20.1. The van der Waals surface area contributed by atoms with Crippen LogP contribution >= 0.6 is 0 Å². The predicted molar refractivity (Wildman–Crippen MR) is 108 cm³/mol. The van der Waals surface area contributed by atoms with Gasteiger partial charge in [0.25, 0.3) is 11.8 Å². The minimum atomic E-state index is -0.268. The van der Waals surface area contributed by atoms with E-state index < -0.39 is 0 Å². The smallest absolute Gasteiger partial charge is 0.261 e. The molecule has 2 aromatic carbocycles. The van der Waals surface area contributed by atoms with Crippen LogP contribution in [0.4, 0.5) is 0 Å². The number of carbonyl (C=O) groups is 3. The first-order valence-corrected chi connectivity index (χ1v) is 9.79. The van der Waals surface area contributed by atoms with Gasteiger partial charge >= 0.3 is 0 Å². The maximum Gasteiger partial charge on any atom is 0.261 e. The van der Waals surface area contributed by atoms with Crippen LogP contribution in [0.1, 0.15) is 63.9 Å². The summed E-state index contributed by atoms with van der Waals surface area (Å²) in [7, 11) is 0. The van der Waals surface area contributed by atoms with Crippen LogP contribution in [-0.4, -0.2) is 35.7 Å². The summed E-state index contributed by atoms with van der Waals surface area (Å²) in [5.74, 6) is -0.304. The topological polar surface area (TPSA) is 66.5 Å². The molecule has 1 atom stereocenters. The van der Waals surface area contributed by atoms with E-state index in [1.807, 2.05) is 31.2 Å². The molecule has 28 heavy (non-hydrogen) atoms. The zero-order valence-electron chi connectivity index (χ0n) is 16.4. The second-order valence-corrected chi connectivity index (χ2v) is 7.23. The molecule has 1 unspecified atom stereocenters. The average molecular weight is 378 g/mol. The first-order valence-electron chi connectivity index (χ1n) is 9.79. The first kappa shape index (κ1) is 19.8. The Morgan fingerprint density at radius 3 is 2.46 bits per heavy atom. The fraction of sp³-hybridized carbons (Fsp3) is 0.348. The van der Waals surface area contributed by atoms with E-state index in [9.17, 15) is 14.4 Å². The molecule has 0 fully saturated rings. The second kappa shape index (κ2) is 8.83. The summed E-state index contributed by atoms with van der Waals surface area (Å²) in [6, 6.07) is 15.4. The lowest BCUT2D eigenvalue weighted by molar-refractivity contribution is -0.121. The summed E-state index contributed by atoms with van der Waals surface area (Å²) in [4.78, 5) is 38.3. The van der Waals surface area contributed by atoms with E-state index >= 15 is 0 Å². The van der Waals surface area contributed by atoms with E-state index in [-0.39, 0.29) is 36.6 Å². The van der Waals surface area contributed by atoms with E-state index in [1.165, 1.54) is 10.5 Å². The maximum absolute atomic E-state index is 12.5. The quantitative estimate of drug-likeness (QED) is 0.713. The highest BCUT2D eigenvalue weighted by molar-refractivity contribution is 6.21. The minimum Gasteiger partial charge on any atom is -0.355 e. The van der Waals surface area contributed by atoms with Crippen molar-refractivity contribution in [1.29, 1.82) is 0 Å². The van der Waals surface area contributed by atoms with Gasteiger partial charge in [0, 0.05) is 25.4 Å². The van der Waals surface area contributed by atoms with Crippen LogP contribution in [0.2, 0.25) is 0 Å². The average Bonchev–Trinajstić information content (AvgIpc) is 2.93. The van der Waals surface area contributed by atoms with E-state index in [0.717, 1.165) is 12.0 Å². The number of amides is 3. The highest BCUT2D eigenvalue weighted by Crippen LogP contribution is 2.24. The Kier molecular flexibility index (Phi) is 6.24. The van der Waals surface area contributed by atoms with Gasteiger partial charge in [0.15, 0.2) is 0 Å². The molecular weight excluding hydrogens is 352 g/mol. The molecule has 146 valence electrons. The fourth-order valence-electron chi connectivity index (χ4n) is 3.55. The Labute approximate surface area is 165 Å². The monoisotopic (exact) mass is 378 g/mol. The van der Waals surface area contributed by atoms with Crippen LogP contribution in [0.15, 0.2) is 48.5 Å². The van der Waals surface area contributed by atoms with Gasteiger partial charge in [-0.2, -0.15) is 0 Å².